The van der Waals surface area contributed by atoms with Gasteiger partial charge in [0.2, 0.25) is 5.91 Å². The van der Waals surface area contributed by atoms with Crippen molar-refractivity contribution in [2.45, 2.75) is 59.1 Å². The van der Waals surface area contributed by atoms with E-state index in [-0.39, 0.29) is 24.0 Å². The first-order valence-corrected chi connectivity index (χ1v) is 9.74. The molecule has 0 aromatic rings. The average Bonchev–Trinajstić information content (AvgIpc) is 3.04. The molecule has 8 heteroatoms. The van der Waals surface area contributed by atoms with Crippen molar-refractivity contribution in [3.8, 4) is 0 Å². The van der Waals surface area contributed by atoms with Gasteiger partial charge in [0.25, 0.3) is 0 Å². The highest BCUT2D eigenvalue weighted by atomic mass is 16.6. The van der Waals surface area contributed by atoms with Crippen LogP contribution in [0.4, 0.5) is 4.79 Å². The van der Waals surface area contributed by atoms with Gasteiger partial charge in [0.15, 0.2) is 5.96 Å². The van der Waals surface area contributed by atoms with E-state index in [1.807, 2.05) is 32.6 Å². The number of carbonyl (C=O) groups is 2. The Morgan fingerprint density at radius 2 is 2.04 bits per heavy atom. The first-order valence-electron chi connectivity index (χ1n) is 9.74. The predicted molar refractivity (Wildman–Crippen MR) is 108 cm³/mol. The van der Waals surface area contributed by atoms with Gasteiger partial charge in [0, 0.05) is 52.7 Å². The van der Waals surface area contributed by atoms with Crippen LogP contribution in [0.5, 0.6) is 0 Å². The molecule has 1 aliphatic heterocycles. The van der Waals surface area contributed by atoms with Gasteiger partial charge in [0.1, 0.15) is 5.60 Å². The topological polar surface area (TPSA) is 86.3 Å². The molecule has 0 aromatic heterocycles. The maximum absolute atomic E-state index is 12.0. The highest BCUT2D eigenvalue weighted by molar-refractivity contribution is 5.80. The van der Waals surface area contributed by atoms with Gasteiger partial charge >= 0.3 is 6.09 Å². The van der Waals surface area contributed by atoms with Gasteiger partial charge in [-0.15, -0.1) is 0 Å². The molecule has 2 amide bonds. The van der Waals surface area contributed by atoms with Crippen LogP contribution in [-0.2, 0) is 9.53 Å². The number of likely N-dealkylation sites (tertiary alicyclic amines) is 1. The molecule has 1 aliphatic rings. The number of nitrogens with one attached hydrogen (secondary N) is 2. The number of aliphatic imine (C=N–C) groups is 1. The minimum atomic E-state index is -0.493. The van der Waals surface area contributed by atoms with Crippen molar-refractivity contribution in [3.05, 3.63) is 0 Å². The molecule has 0 spiro atoms. The summed E-state index contributed by atoms with van der Waals surface area (Å²) < 4.78 is 5.37. The van der Waals surface area contributed by atoms with Crippen molar-refractivity contribution in [3.63, 3.8) is 0 Å². The third-order valence-electron chi connectivity index (χ3n) is 4.32. The van der Waals surface area contributed by atoms with Crippen LogP contribution >= 0.6 is 0 Å². The summed E-state index contributed by atoms with van der Waals surface area (Å²) in [5.41, 5.74) is -0.493. The van der Waals surface area contributed by atoms with E-state index in [2.05, 4.69) is 22.5 Å². The number of ether oxygens (including phenoxy) is 1. The number of carbonyl (C=O) groups excluding carboxylic acids is 2. The molecule has 0 saturated carbocycles. The minimum Gasteiger partial charge on any atom is -0.444 e. The van der Waals surface area contributed by atoms with E-state index in [9.17, 15) is 9.59 Å². The summed E-state index contributed by atoms with van der Waals surface area (Å²) in [6.07, 6.45) is 1.15. The molecule has 1 fully saturated rings. The molecule has 0 aliphatic carbocycles. The molecule has 1 saturated heterocycles. The third kappa shape index (κ3) is 8.49. The second-order valence-corrected chi connectivity index (χ2v) is 8.24. The minimum absolute atomic E-state index is 0.195. The molecule has 1 heterocycles. The van der Waals surface area contributed by atoms with Crippen molar-refractivity contribution in [2.24, 2.45) is 10.9 Å². The average molecular weight is 384 g/mol. The maximum atomic E-state index is 12.0. The van der Waals surface area contributed by atoms with E-state index in [1.165, 1.54) is 0 Å². The van der Waals surface area contributed by atoms with Gasteiger partial charge in [-0.1, -0.05) is 13.8 Å². The predicted octanol–water partition coefficient (Wildman–Crippen LogP) is 1.67. The Hall–Kier alpha value is -1.99. The fraction of sp³-hybridized carbons (Fsp3) is 0.842. The van der Waals surface area contributed by atoms with E-state index in [0.717, 1.165) is 18.9 Å². The lowest BCUT2D eigenvalue weighted by Gasteiger charge is -2.27. The Morgan fingerprint density at radius 3 is 2.59 bits per heavy atom. The normalized spacial score (nSPS) is 18.9. The zero-order valence-corrected chi connectivity index (χ0v) is 18.0. The molecule has 27 heavy (non-hydrogen) atoms. The zero-order valence-electron chi connectivity index (χ0n) is 18.0. The van der Waals surface area contributed by atoms with Crippen LogP contribution < -0.4 is 10.6 Å². The first-order chi connectivity index (χ1) is 12.6. The summed E-state index contributed by atoms with van der Waals surface area (Å²) in [4.78, 5) is 31.6. The molecule has 8 nitrogen and oxygen atoms in total. The molecule has 2 N–H and O–H groups in total. The Labute approximate surface area is 163 Å². The Bertz CT molecular complexity index is 530. The Morgan fingerprint density at radius 1 is 1.37 bits per heavy atom. The van der Waals surface area contributed by atoms with Crippen LogP contribution in [0.1, 0.15) is 47.5 Å². The van der Waals surface area contributed by atoms with E-state index < -0.39 is 5.60 Å². The van der Waals surface area contributed by atoms with Crippen LogP contribution in [0.25, 0.3) is 0 Å². The lowest BCUT2D eigenvalue weighted by atomic mass is 10.1. The standard InChI is InChI=1S/C19H37N5O3/c1-8-16(25)24-10-9-15(13-24)22-17(20-6)21-11-14(2)12-23(7)18(26)27-19(3,4)5/h14-15H,8-13H2,1-7H3,(H2,20,21,22). The van der Waals surface area contributed by atoms with Gasteiger partial charge in [-0.2, -0.15) is 0 Å². The number of hydrogen-bond donors (Lipinski definition) is 2. The highest BCUT2D eigenvalue weighted by Gasteiger charge is 2.26. The summed E-state index contributed by atoms with van der Waals surface area (Å²) in [6, 6.07) is 0.214. The van der Waals surface area contributed by atoms with E-state index in [4.69, 9.17) is 4.74 Å². The van der Waals surface area contributed by atoms with Crippen LogP contribution in [-0.4, -0.2) is 79.7 Å². The lowest BCUT2D eigenvalue weighted by molar-refractivity contribution is -0.129. The lowest BCUT2D eigenvalue weighted by Crippen LogP contribution is -2.47. The van der Waals surface area contributed by atoms with Gasteiger partial charge in [0.05, 0.1) is 0 Å². The van der Waals surface area contributed by atoms with Crippen LogP contribution in [0.2, 0.25) is 0 Å². The second-order valence-electron chi connectivity index (χ2n) is 8.24. The molecule has 2 unspecified atom stereocenters. The third-order valence-corrected chi connectivity index (χ3v) is 4.32. The molecular weight excluding hydrogens is 346 g/mol. The van der Waals surface area contributed by atoms with E-state index >= 15 is 0 Å². The number of amides is 2. The molecule has 0 bridgehead atoms. The summed E-state index contributed by atoms with van der Waals surface area (Å²) in [5.74, 6) is 1.14. The maximum Gasteiger partial charge on any atom is 0.410 e. The highest BCUT2D eigenvalue weighted by Crippen LogP contribution is 2.11. The van der Waals surface area contributed by atoms with E-state index in [1.54, 1.807) is 19.0 Å². The van der Waals surface area contributed by atoms with Gasteiger partial charge < -0.3 is 25.2 Å². The quantitative estimate of drug-likeness (QED) is 0.538. The zero-order chi connectivity index (χ0) is 20.6. The van der Waals surface area contributed by atoms with Crippen molar-refractivity contribution in [1.82, 2.24) is 20.4 Å². The summed E-state index contributed by atoms with van der Waals surface area (Å²) in [5, 5.41) is 6.68. The largest absolute Gasteiger partial charge is 0.444 e. The molecule has 0 aromatic carbocycles. The van der Waals surface area contributed by atoms with Crippen molar-refractivity contribution >= 4 is 18.0 Å². The summed E-state index contributed by atoms with van der Waals surface area (Å²) in [7, 11) is 3.48. The van der Waals surface area contributed by atoms with Crippen molar-refractivity contribution in [2.75, 3.05) is 40.3 Å². The van der Waals surface area contributed by atoms with E-state index in [0.29, 0.717) is 26.1 Å². The van der Waals surface area contributed by atoms with Gasteiger partial charge in [-0.25, -0.2) is 4.79 Å². The van der Waals surface area contributed by atoms with Crippen LogP contribution in [0.3, 0.4) is 0 Å². The molecule has 0 radical (unpaired) electrons. The number of nitrogens with zero attached hydrogens (tertiary/aromatic N) is 3. The van der Waals surface area contributed by atoms with Crippen LogP contribution in [0.15, 0.2) is 4.99 Å². The van der Waals surface area contributed by atoms with Crippen molar-refractivity contribution < 1.29 is 14.3 Å². The van der Waals surface area contributed by atoms with Crippen LogP contribution in [0, 0.1) is 5.92 Å². The van der Waals surface area contributed by atoms with Gasteiger partial charge in [-0.3, -0.25) is 9.79 Å². The Balaban J connectivity index is 2.38. The SMILES string of the molecule is CCC(=O)N1CCC(NC(=NC)NCC(C)CN(C)C(=O)OC(C)(C)C)C1. The molecule has 2 atom stereocenters. The number of rotatable bonds is 6. The Kier molecular flexibility index (Phi) is 8.85. The van der Waals surface area contributed by atoms with Crippen molar-refractivity contribution in [1.29, 1.82) is 0 Å². The smallest absolute Gasteiger partial charge is 0.410 e. The second kappa shape index (κ2) is 10.4. The number of hydrogen-bond acceptors (Lipinski definition) is 4. The molecular formula is C19H37N5O3. The van der Waals surface area contributed by atoms with Gasteiger partial charge in [-0.05, 0) is 33.1 Å². The fourth-order valence-corrected chi connectivity index (χ4v) is 2.93. The number of guanidine groups is 1. The fourth-order valence-electron chi connectivity index (χ4n) is 2.93. The first kappa shape index (κ1) is 23.0. The summed E-state index contributed by atoms with van der Waals surface area (Å²) >= 11 is 0. The monoisotopic (exact) mass is 383 g/mol. The summed E-state index contributed by atoms with van der Waals surface area (Å²) in [6.45, 7) is 12.3. The molecule has 1 rings (SSSR count). The molecule has 156 valence electrons.